The number of hydrogen-bond donors (Lipinski definition) is 1. The number of ether oxygens (including phenoxy) is 2. The highest BCUT2D eigenvalue weighted by atomic mass is 16.6. The van der Waals surface area contributed by atoms with Crippen LogP contribution in [0.5, 0.6) is 5.75 Å². The topological polar surface area (TPSA) is 64.6 Å². The van der Waals surface area contributed by atoms with Crippen LogP contribution in [0, 0.1) is 0 Å². The van der Waals surface area contributed by atoms with Gasteiger partial charge >= 0.3 is 5.97 Å². The Bertz CT molecular complexity index is 442. The summed E-state index contributed by atoms with van der Waals surface area (Å²) in [5, 5.41) is 2.74. The Hall–Kier alpha value is -2.04. The van der Waals surface area contributed by atoms with Gasteiger partial charge in [0.25, 0.3) is 5.91 Å². The highest BCUT2D eigenvalue weighted by Crippen LogP contribution is 2.18. The fourth-order valence-corrected chi connectivity index (χ4v) is 1.50. The quantitative estimate of drug-likeness (QED) is 0.785. The molecule has 1 aliphatic rings. The van der Waals surface area contributed by atoms with E-state index in [0.29, 0.717) is 5.75 Å². The molecule has 1 atom stereocenters. The Kier molecular flexibility index (Phi) is 4.39. The predicted molar refractivity (Wildman–Crippen MR) is 68.7 cm³/mol. The highest BCUT2D eigenvalue weighted by Gasteiger charge is 2.24. The summed E-state index contributed by atoms with van der Waals surface area (Å²) in [6, 6.07) is 9.27. The molecular weight excluding hydrogens is 246 g/mol. The van der Waals surface area contributed by atoms with Gasteiger partial charge in [-0.1, -0.05) is 18.2 Å². The first-order valence-electron chi connectivity index (χ1n) is 6.33. The first-order chi connectivity index (χ1) is 9.15. The first-order valence-corrected chi connectivity index (χ1v) is 6.33. The van der Waals surface area contributed by atoms with Crippen molar-refractivity contribution < 1.29 is 19.1 Å². The minimum Gasteiger partial charge on any atom is -0.479 e. The molecule has 1 aromatic carbocycles. The van der Waals surface area contributed by atoms with Crippen molar-refractivity contribution >= 4 is 11.9 Å². The van der Waals surface area contributed by atoms with E-state index >= 15 is 0 Å². The van der Waals surface area contributed by atoms with Crippen molar-refractivity contribution in [2.75, 3.05) is 6.61 Å². The van der Waals surface area contributed by atoms with Crippen molar-refractivity contribution in [3.63, 3.8) is 0 Å². The van der Waals surface area contributed by atoms with E-state index in [0.717, 1.165) is 12.8 Å². The van der Waals surface area contributed by atoms with Gasteiger partial charge in [0, 0.05) is 6.04 Å². The van der Waals surface area contributed by atoms with Crippen molar-refractivity contribution in [2.24, 2.45) is 0 Å². The number of rotatable bonds is 6. The van der Waals surface area contributed by atoms with Crippen LogP contribution >= 0.6 is 0 Å². The summed E-state index contributed by atoms with van der Waals surface area (Å²) in [5.41, 5.74) is 0. The van der Waals surface area contributed by atoms with Gasteiger partial charge in [0.15, 0.2) is 12.7 Å². The van der Waals surface area contributed by atoms with E-state index < -0.39 is 12.1 Å². The molecule has 2 rings (SSSR count). The molecule has 0 spiro atoms. The Morgan fingerprint density at radius 3 is 2.63 bits per heavy atom. The van der Waals surface area contributed by atoms with E-state index in [9.17, 15) is 9.59 Å². The summed E-state index contributed by atoms with van der Waals surface area (Å²) < 4.78 is 10.3. The van der Waals surface area contributed by atoms with E-state index in [4.69, 9.17) is 9.47 Å². The van der Waals surface area contributed by atoms with Crippen LogP contribution < -0.4 is 10.1 Å². The van der Waals surface area contributed by atoms with Crippen LogP contribution in [0.15, 0.2) is 30.3 Å². The SMILES string of the molecule is CC(Oc1ccccc1)C(=O)OCC(=O)NC1CC1. The van der Waals surface area contributed by atoms with E-state index in [1.807, 2.05) is 18.2 Å². The van der Waals surface area contributed by atoms with E-state index in [-0.39, 0.29) is 18.6 Å². The molecule has 1 amide bonds. The molecule has 1 unspecified atom stereocenters. The van der Waals surface area contributed by atoms with Crippen LogP contribution in [-0.4, -0.2) is 30.6 Å². The number of esters is 1. The molecule has 0 heterocycles. The normalized spacial score (nSPS) is 15.4. The van der Waals surface area contributed by atoms with Crippen LogP contribution in [-0.2, 0) is 14.3 Å². The van der Waals surface area contributed by atoms with E-state index in [2.05, 4.69) is 5.32 Å². The molecular formula is C14H17NO4. The van der Waals surface area contributed by atoms with Crippen molar-refractivity contribution in [1.29, 1.82) is 0 Å². The Morgan fingerprint density at radius 2 is 2.00 bits per heavy atom. The zero-order valence-electron chi connectivity index (χ0n) is 10.8. The van der Waals surface area contributed by atoms with Gasteiger partial charge in [-0.2, -0.15) is 0 Å². The Labute approximate surface area is 111 Å². The van der Waals surface area contributed by atoms with Crippen LogP contribution in [0.3, 0.4) is 0 Å². The van der Waals surface area contributed by atoms with Crippen LogP contribution in [0.1, 0.15) is 19.8 Å². The first kappa shape index (κ1) is 13.4. The van der Waals surface area contributed by atoms with Crippen LogP contribution in [0.25, 0.3) is 0 Å². The number of nitrogens with one attached hydrogen (secondary N) is 1. The van der Waals surface area contributed by atoms with Crippen molar-refractivity contribution in [1.82, 2.24) is 5.32 Å². The Morgan fingerprint density at radius 1 is 1.32 bits per heavy atom. The fraction of sp³-hybridized carbons (Fsp3) is 0.429. The zero-order chi connectivity index (χ0) is 13.7. The molecule has 5 nitrogen and oxygen atoms in total. The molecule has 1 fully saturated rings. The monoisotopic (exact) mass is 263 g/mol. The molecule has 1 aliphatic carbocycles. The zero-order valence-corrected chi connectivity index (χ0v) is 10.8. The second-order valence-corrected chi connectivity index (χ2v) is 4.52. The minimum atomic E-state index is -0.740. The summed E-state index contributed by atoms with van der Waals surface area (Å²) in [4.78, 5) is 23.0. The summed E-state index contributed by atoms with van der Waals surface area (Å²) in [7, 11) is 0. The molecule has 0 aromatic heterocycles. The van der Waals surface area contributed by atoms with Crippen molar-refractivity contribution in [3.05, 3.63) is 30.3 Å². The third kappa shape index (κ3) is 4.62. The van der Waals surface area contributed by atoms with Gasteiger partial charge in [0.2, 0.25) is 0 Å². The van der Waals surface area contributed by atoms with Crippen molar-refractivity contribution in [2.45, 2.75) is 31.9 Å². The molecule has 1 aromatic rings. The molecule has 0 aliphatic heterocycles. The smallest absolute Gasteiger partial charge is 0.347 e. The molecule has 102 valence electrons. The maximum Gasteiger partial charge on any atom is 0.347 e. The number of para-hydroxylation sites is 1. The summed E-state index contributed by atoms with van der Waals surface area (Å²) >= 11 is 0. The number of hydrogen-bond acceptors (Lipinski definition) is 4. The molecule has 5 heteroatoms. The maximum absolute atomic E-state index is 11.6. The summed E-state index contributed by atoms with van der Waals surface area (Å²) in [6.07, 6.45) is 1.27. The average molecular weight is 263 g/mol. The van der Waals surface area contributed by atoms with E-state index in [1.54, 1.807) is 19.1 Å². The lowest BCUT2D eigenvalue weighted by molar-refractivity contribution is -0.154. The van der Waals surface area contributed by atoms with Gasteiger partial charge < -0.3 is 14.8 Å². The molecule has 1 N–H and O–H groups in total. The number of carbonyl (C=O) groups excluding carboxylic acids is 2. The highest BCUT2D eigenvalue weighted by molar-refractivity contribution is 5.82. The predicted octanol–water partition coefficient (Wildman–Crippen LogP) is 1.28. The lowest BCUT2D eigenvalue weighted by Crippen LogP contribution is -2.33. The average Bonchev–Trinajstić information content (AvgIpc) is 3.21. The van der Waals surface area contributed by atoms with Crippen LogP contribution in [0.2, 0.25) is 0 Å². The maximum atomic E-state index is 11.6. The van der Waals surface area contributed by atoms with Gasteiger partial charge in [-0.15, -0.1) is 0 Å². The molecule has 0 bridgehead atoms. The van der Waals surface area contributed by atoms with Crippen molar-refractivity contribution in [3.8, 4) is 5.75 Å². The number of carbonyl (C=O) groups is 2. The standard InChI is InChI=1S/C14H17NO4/c1-10(19-12-5-3-2-4-6-12)14(17)18-9-13(16)15-11-7-8-11/h2-6,10-11H,7-9H2,1H3,(H,15,16). The number of benzene rings is 1. The second-order valence-electron chi connectivity index (χ2n) is 4.52. The molecule has 19 heavy (non-hydrogen) atoms. The van der Waals surface area contributed by atoms with E-state index in [1.165, 1.54) is 0 Å². The molecule has 1 saturated carbocycles. The van der Waals surface area contributed by atoms with Gasteiger partial charge in [-0.05, 0) is 31.9 Å². The lowest BCUT2D eigenvalue weighted by atomic mass is 10.3. The van der Waals surface area contributed by atoms with Gasteiger partial charge in [0.05, 0.1) is 0 Å². The van der Waals surface area contributed by atoms with Gasteiger partial charge in [0.1, 0.15) is 5.75 Å². The number of amides is 1. The van der Waals surface area contributed by atoms with Gasteiger partial charge in [-0.25, -0.2) is 4.79 Å². The lowest BCUT2D eigenvalue weighted by Gasteiger charge is -2.13. The summed E-state index contributed by atoms with van der Waals surface area (Å²) in [6.45, 7) is 1.34. The Balaban J connectivity index is 1.71. The van der Waals surface area contributed by atoms with Crippen LogP contribution in [0.4, 0.5) is 0 Å². The molecule has 0 saturated heterocycles. The van der Waals surface area contributed by atoms with Gasteiger partial charge in [-0.3, -0.25) is 4.79 Å². The molecule has 0 radical (unpaired) electrons. The third-order valence-corrected chi connectivity index (χ3v) is 2.68. The largest absolute Gasteiger partial charge is 0.479 e. The summed E-state index contributed by atoms with van der Waals surface area (Å²) in [5.74, 6) is -0.216. The second kappa shape index (κ2) is 6.22. The third-order valence-electron chi connectivity index (χ3n) is 2.68. The fourth-order valence-electron chi connectivity index (χ4n) is 1.50. The minimum absolute atomic E-state index is 0.252.